The summed E-state index contributed by atoms with van der Waals surface area (Å²) in [5, 5.41) is 12.9. The molecule has 3 nitrogen and oxygen atoms in total. The Labute approximate surface area is 118 Å². The molecule has 0 aromatic carbocycles. The second-order valence-electron chi connectivity index (χ2n) is 6.88. The first-order valence-corrected chi connectivity index (χ1v) is 7.99. The molecule has 2 aliphatic rings. The topological polar surface area (TPSA) is 39.1 Å². The van der Waals surface area contributed by atoms with Gasteiger partial charge in [-0.1, -0.05) is 19.3 Å². The van der Waals surface area contributed by atoms with Gasteiger partial charge in [-0.25, -0.2) is 0 Å². The normalized spacial score (nSPS) is 24.1. The van der Waals surface area contributed by atoms with Crippen molar-refractivity contribution >= 4 is 0 Å². The number of nitriles is 1. The molecule has 0 amide bonds. The number of rotatable bonds is 7. The predicted octanol–water partition coefficient (Wildman–Crippen LogP) is 2.92. The van der Waals surface area contributed by atoms with Crippen LogP contribution >= 0.6 is 0 Å². The molecule has 1 atom stereocenters. The van der Waals surface area contributed by atoms with E-state index in [1.54, 1.807) is 0 Å². The van der Waals surface area contributed by atoms with Crippen LogP contribution in [0.15, 0.2) is 0 Å². The molecule has 3 heteroatoms. The molecule has 0 radical (unpaired) electrons. The maximum atomic E-state index is 9.37. The highest BCUT2D eigenvalue weighted by Crippen LogP contribution is 2.25. The zero-order chi connectivity index (χ0) is 13.7. The SMILES string of the molecule is CN(CCC(C)(C#N)NC1CC1)CC1CCCCC1. The first-order chi connectivity index (χ1) is 9.11. The quantitative estimate of drug-likeness (QED) is 0.767. The third kappa shape index (κ3) is 5.12. The number of nitrogens with zero attached hydrogens (tertiary/aromatic N) is 2. The van der Waals surface area contributed by atoms with E-state index >= 15 is 0 Å². The summed E-state index contributed by atoms with van der Waals surface area (Å²) in [6.45, 7) is 4.30. The van der Waals surface area contributed by atoms with Gasteiger partial charge in [0, 0.05) is 19.1 Å². The van der Waals surface area contributed by atoms with E-state index in [1.165, 1.54) is 51.5 Å². The van der Waals surface area contributed by atoms with E-state index in [1.807, 2.05) is 0 Å². The van der Waals surface area contributed by atoms with Crippen molar-refractivity contribution in [1.82, 2.24) is 10.2 Å². The first kappa shape index (κ1) is 14.8. The average molecular weight is 263 g/mol. The summed E-state index contributed by atoms with van der Waals surface area (Å²) in [6, 6.07) is 3.08. The first-order valence-electron chi connectivity index (χ1n) is 7.99. The minimum Gasteiger partial charge on any atom is -0.306 e. The summed E-state index contributed by atoms with van der Waals surface area (Å²) in [7, 11) is 2.21. The van der Waals surface area contributed by atoms with Gasteiger partial charge in [0.1, 0.15) is 5.54 Å². The fourth-order valence-electron chi connectivity index (χ4n) is 3.15. The number of hydrogen-bond donors (Lipinski definition) is 1. The van der Waals surface area contributed by atoms with E-state index in [2.05, 4.69) is 30.3 Å². The lowest BCUT2D eigenvalue weighted by molar-refractivity contribution is 0.218. The molecule has 19 heavy (non-hydrogen) atoms. The van der Waals surface area contributed by atoms with Crippen molar-refractivity contribution in [2.75, 3.05) is 20.1 Å². The summed E-state index contributed by atoms with van der Waals surface area (Å²) in [5.41, 5.74) is -0.331. The molecule has 0 bridgehead atoms. The Morgan fingerprint density at radius 1 is 1.21 bits per heavy atom. The minimum atomic E-state index is -0.331. The Balaban J connectivity index is 1.68. The fourth-order valence-corrected chi connectivity index (χ4v) is 3.15. The molecular weight excluding hydrogens is 234 g/mol. The van der Waals surface area contributed by atoms with Crippen LogP contribution in [0.25, 0.3) is 0 Å². The van der Waals surface area contributed by atoms with Gasteiger partial charge < -0.3 is 4.90 Å². The van der Waals surface area contributed by atoms with Crippen molar-refractivity contribution in [1.29, 1.82) is 5.26 Å². The van der Waals surface area contributed by atoms with Crippen LogP contribution < -0.4 is 5.32 Å². The van der Waals surface area contributed by atoms with E-state index in [9.17, 15) is 5.26 Å². The second-order valence-corrected chi connectivity index (χ2v) is 6.88. The van der Waals surface area contributed by atoms with Crippen LogP contribution in [-0.4, -0.2) is 36.6 Å². The molecule has 0 aromatic rings. The maximum Gasteiger partial charge on any atom is 0.105 e. The largest absolute Gasteiger partial charge is 0.306 e. The van der Waals surface area contributed by atoms with E-state index in [-0.39, 0.29) is 5.54 Å². The van der Waals surface area contributed by atoms with Gasteiger partial charge in [0.2, 0.25) is 0 Å². The minimum absolute atomic E-state index is 0.331. The average Bonchev–Trinajstić information content (AvgIpc) is 3.21. The predicted molar refractivity (Wildman–Crippen MR) is 78.9 cm³/mol. The van der Waals surface area contributed by atoms with Crippen LogP contribution in [0.2, 0.25) is 0 Å². The summed E-state index contributed by atoms with van der Waals surface area (Å²) in [5.74, 6) is 0.892. The molecule has 0 aliphatic heterocycles. The molecule has 0 heterocycles. The Hall–Kier alpha value is -0.590. The molecule has 2 fully saturated rings. The van der Waals surface area contributed by atoms with Crippen molar-refractivity contribution in [3.8, 4) is 6.07 Å². The molecule has 108 valence electrons. The van der Waals surface area contributed by atoms with Crippen LogP contribution in [0.4, 0.5) is 0 Å². The Morgan fingerprint density at radius 2 is 1.89 bits per heavy atom. The van der Waals surface area contributed by atoms with Gasteiger partial charge >= 0.3 is 0 Å². The highest BCUT2D eigenvalue weighted by Gasteiger charge is 2.32. The van der Waals surface area contributed by atoms with E-state index in [4.69, 9.17) is 0 Å². The lowest BCUT2D eigenvalue weighted by Gasteiger charge is -2.30. The highest BCUT2D eigenvalue weighted by atomic mass is 15.1. The maximum absolute atomic E-state index is 9.37. The van der Waals surface area contributed by atoms with Gasteiger partial charge in [-0.3, -0.25) is 5.32 Å². The smallest absolute Gasteiger partial charge is 0.105 e. The Bertz CT molecular complexity index is 312. The summed E-state index contributed by atoms with van der Waals surface area (Å²) < 4.78 is 0. The van der Waals surface area contributed by atoms with Gasteiger partial charge in [-0.05, 0) is 52.0 Å². The van der Waals surface area contributed by atoms with E-state index < -0.39 is 0 Å². The van der Waals surface area contributed by atoms with Crippen molar-refractivity contribution < 1.29 is 0 Å². The molecule has 1 unspecified atom stereocenters. The van der Waals surface area contributed by atoms with Crippen molar-refractivity contribution in [3.05, 3.63) is 0 Å². The fraction of sp³-hybridized carbons (Fsp3) is 0.938. The summed E-state index contributed by atoms with van der Waals surface area (Å²) >= 11 is 0. The van der Waals surface area contributed by atoms with E-state index in [0.29, 0.717) is 6.04 Å². The zero-order valence-corrected chi connectivity index (χ0v) is 12.6. The van der Waals surface area contributed by atoms with Gasteiger partial charge in [0.05, 0.1) is 6.07 Å². The van der Waals surface area contributed by atoms with Crippen LogP contribution in [0.3, 0.4) is 0 Å². The van der Waals surface area contributed by atoms with Gasteiger partial charge in [-0.15, -0.1) is 0 Å². The molecular formula is C16H29N3. The van der Waals surface area contributed by atoms with Crippen molar-refractivity contribution in [2.24, 2.45) is 5.92 Å². The standard InChI is InChI=1S/C16H29N3/c1-16(13-17,18-15-8-9-15)10-11-19(2)12-14-6-4-3-5-7-14/h14-15,18H,3-12H2,1-2H3. The zero-order valence-electron chi connectivity index (χ0n) is 12.6. The molecule has 2 saturated carbocycles. The third-order valence-electron chi connectivity index (χ3n) is 4.63. The Morgan fingerprint density at radius 3 is 2.47 bits per heavy atom. The number of hydrogen-bond acceptors (Lipinski definition) is 3. The second kappa shape index (κ2) is 6.72. The highest BCUT2D eigenvalue weighted by molar-refractivity contribution is 5.07. The summed E-state index contributed by atoms with van der Waals surface area (Å²) in [4.78, 5) is 2.43. The van der Waals surface area contributed by atoms with Gasteiger partial charge in [0.25, 0.3) is 0 Å². The molecule has 0 saturated heterocycles. The van der Waals surface area contributed by atoms with Gasteiger partial charge in [0.15, 0.2) is 0 Å². The lowest BCUT2D eigenvalue weighted by atomic mass is 9.89. The molecule has 0 aromatic heterocycles. The van der Waals surface area contributed by atoms with Gasteiger partial charge in [-0.2, -0.15) is 5.26 Å². The summed E-state index contributed by atoms with van der Waals surface area (Å²) in [6.07, 6.45) is 10.5. The van der Waals surface area contributed by atoms with Crippen LogP contribution in [0.1, 0.15) is 58.3 Å². The number of nitrogens with one attached hydrogen (secondary N) is 1. The third-order valence-corrected chi connectivity index (χ3v) is 4.63. The van der Waals surface area contributed by atoms with Crippen LogP contribution in [0, 0.1) is 17.2 Å². The monoisotopic (exact) mass is 263 g/mol. The van der Waals surface area contributed by atoms with Crippen molar-refractivity contribution in [2.45, 2.75) is 69.9 Å². The van der Waals surface area contributed by atoms with Crippen LogP contribution in [0.5, 0.6) is 0 Å². The van der Waals surface area contributed by atoms with Crippen molar-refractivity contribution in [3.63, 3.8) is 0 Å². The molecule has 0 spiro atoms. The molecule has 2 aliphatic carbocycles. The lowest BCUT2D eigenvalue weighted by Crippen LogP contribution is -2.45. The van der Waals surface area contributed by atoms with E-state index in [0.717, 1.165) is 18.9 Å². The molecule has 1 N–H and O–H groups in total. The molecule has 2 rings (SSSR count). The van der Waals surface area contributed by atoms with Crippen LogP contribution in [-0.2, 0) is 0 Å². The Kier molecular flexibility index (Phi) is 5.24.